The summed E-state index contributed by atoms with van der Waals surface area (Å²) in [6, 6.07) is 18.9. The van der Waals surface area contributed by atoms with E-state index < -0.39 is 12.3 Å². The maximum atomic E-state index is 14.7. The number of carbonyl (C=O) groups is 2. The van der Waals surface area contributed by atoms with Gasteiger partial charge in [0.2, 0.25) is 5.91 Å². The van der Waals surface area contributed by atoms with Gasteiger partial charge in [0.15, 0.2) is 0 Å². The van der Waals surface area contributed by atoms with Gasteiger partial charge in [0.05, 0.1) is 12.7 Å². The van der Waals surface area contributed by atoms with Crippen LogP contribution in [-0.4, -0.2) is 40.4 Å². The zero-order valence-electron chi connectivity index (χ0n) is 23.6. The molecule has 6 nitrogen and oxygen atoms in total. The molecule has 0 fully saturated rings. The molecule has 1 N–H and O–H groups in total. The normalized spacial score (nSPS) is 13.1. The second-order valence-electron chi connectivity index (χ2n) is 10.6. The highest BCUT2D eigenvalue weighted by Crippen LogP contribution is 2.37. The van der Waals surface area contributed by atoms with Crippen molar-refractivity contribution in [2.75, 3.05) is 23.7 Å². The van der Waals surface area contributed by atoms with Crippen molar-refractivity contribution in [2.45, 2.75) is 44.6 Å². The van der Waals surface area contributed by atoms with E-state index in [9.17, 15) is 18.4 Å². The number of carbonyl (C=O) groups excluding carboxylic acids is 2. The summed E-state index contributed by atoms with van der Waals surface area (Å²) in [5.74, 6) is -2.75. The summed E-state index contributed by atoms with van der Waals surface area (Å²) in [7, 11) is 0. The highest BCUT2D eigenvalue weighted by atomic mass is 35.5. The Balaban J connectivity index is 1.26. The van der Waals surface area contributed by atoms with Gasteiger partial charge in [-0.2, -0.15) is 17.7 Å². The van der Waals surface area contributed by atoms with Gasteiger partial charge < -0.3 is 10.2 Å². The Kier molecular flexibility index (Phi) is 9.82. The first-order chi connectivity index (χ1) is 20.7. The molecule has 0 saturated carbocycles. The minimum absolute atomic E-state index is 0.0382. The number of hydrogen-bond donors (Lipinski definition) is 2. The zero-order chi connectivity index (χ0) is 30.4. The molecule has 0 bridgehead atoms. The Hall–Kier alpha value is -3.69. The minimum atomic E-state index is -3.03. The Morgan fingerprint density at radius 3 is 2.65 bits per heavy atom. The van der Waals surface area contributed by atoms with E-state index in [1.165, 1.54) is 24.3 Å². The first-order valence-electron chi connectivity index (χ1n) is 14.3. The molecule has 0 spiro atoms. The van der Waals surface area contributed by atoms with Crippen LogP contribution < -0.4 is 10.2 Å². The van der Waals surface area contributed by atoms with Crippen molar-refractivity contribution in [3.63, 3.8) is 0 Å². The second kappa shape index (κ2) is 13.7. The molecular weight excluding hydrogens is 590 g/mol. The number of alkyl halides is 2. The average molecular weight is 623 g/mol. The lowest BCUT2D eigenvalue weighted by Gasteiger charge is -2.31. The van der Waals surface area contributed by atoms with Crippen LogP contribution in [-0.2, 0) is 23.7 Å². The molecule has 0 radical (unpaired) electrons. The quantitative estimate of drug-likeness (QED) is 0.175. The Morgan fingerprint density at radius 2 is 1.86 bits per heavy atom. The summed E-state index contributed by atoms with van der Waals surface area (Å²) in [6.45, 7) is 1.55. The SMILES string of the molecule is O=C(NCCS)c1cccc(Cn2cc(-c3cccc4c3CCCN4C(=O)CCCC(F)(F)c3ccc(Cl)cc3)cn2)c1. The lowest BCUT2D eigenvalue weighted by Crippen LogP contribution is -2.35. The Morgan fingerprint density at radius 1 is 1.07 bits per heavy atom. The summed E-state index contributed by atoms with van der Waals surface area (Å²) >= 11 is 9.97. The van der Waals surface area contributed by atoms with Gasteiger partial charge in [0.25, 0.3) is 11.8 Å². The predicted molar refractivity (Wildman–Crippen MR) is 169 cm³/mol. The third-order valence-electron chi connectivity index (χ3n) is 7.57. The number of nitrogens with zero attached hydrogens (tertiary/aromatic N) is 3. The number of nitrogens with one attached hydrogen (secondary N) is 1. The number of anilines is 1. The third-order valence-corrected chi connectivity index (χ3v) is 8.05. The highest BCUT2D eigenvalue weighted by Gasteiger charge is 2.32. The fourth-order valence-electron chi connectivity index (χ4n) is 5.45. The number of benzene rings is 3. The van der Waals surface area contributed by atoms with Crippen LogP contribution in [0.3, 0.4) is 0 Å². The summed E-state index contributed by atoms with van der Waals surface area (Å²) in [4.78, 5) is 27.3. The van der Waals surface area contributed by atoms with E-state index in [2.05, 4.69) is 23.0 Å². The summed E-state index contributed by atoms with van der Waals surface area (Å²) in [5, 5.41) is 7.79. The smallest absolute Gasteiger partial charge is 0.273 e. The molecule has 1 aromatic heterocycles. The molecule has 4 aromatic rings. The predicted octanol–water partition coefficient (Wildman–Crippen LogP) is 7.15. The monoisotopic (exact) mass is 622 g/mol. The van der Waals surface area contributed by atoms with E-state index in [4.69, 9.17) is 11.6 Å². The van der Waals surface area contributed by atoms with Crippen molar-refractivity contribution < 1.29 is 18.4 Å². The fourth-order valence-corrected chi connectivity index (χ4v) is 5.69. The van der Waals surface area contributed by atoms with Crippen LogP contribution in [0.2, 0.25) is 5.02 Å². The van der Waals surface area contributed by atoms with Crippen LogP contribution in [0.15, 0.2) is 79.1 Å². The standard InChI is InChI=1S/C33H33ClF2N4O2S/c34-27-13-11-26(12-14-27)33(35,36)15-3-10-31(41)40-17-4-8-29-28(7-2-9-30(29)40)25-20-38-39(22-25)21-23-5-1-6-24(19-23)32(42)37-16-18-43/h1-2,5-7,9,11-14,19-20,22,43H,3-4,8,10,15-18,21H2,(H,37,42). The minimum Gasteiger partial charge on any atom is -0.351 e. The second-order valence-corrected chi connectivity index (χ2v) is 11.5. The van der Waals surface area contributed by atoms with Crippen LogP contribution >= 0.6 is 24.2 Å². The summed E-state index contributed by atoms with van der Waals surface area (Å²) in [6.07, 6.45) is 5.05. The number of halogens is 3. The number of amides is 2. The summed E-state index contributed by atoms with van der Waals surface area (Å²) < 4.78 is 31.2. The first-order valence-corrected chi connectivity index (χ1v) is 15.3. The third kappa shape index (κ3) is 7.46. The molecule has 224 valence electrons. The van der Waals surface area contributed by atoms with Gasteiger partial charge in [-0.25, -0.2) is 8.78 Å². The van der Waals surface area contributed by atoms with Crippen molar-refractivity contribution in [1.82, 2.24) is 15.1 Å². The average Bonchev–Trinajstić information content (AvgIpc) is 3.47. The van der Waals surface area contributed by atoms with Crippen molar-refractivity contribution in [3.05, 3.63) is 106 Å². The van der Waals surface area contributed by atoms with Gasteiger partial charge in [-0.05, 0) is 66.3 Å². The van der Waals surface area contributed by atoms with Crippen molar-refractivity contribution in [1.29, 1.82) is 0 Å². The number of thiol groups is 1. The van der Waals surface area contributed by atoms with Gasteiger partial charge in [-0.15, -0.1) is 0 Å². The van der Waals surface area contributed by atoms with E-state index >= 15 is 0 Å². The summed E-state index contributed by atoms with van der Waals surface area (Å²) in [5.41, 5.74) is 5.23. The van der Waals surface area contributed by atoms with Gasteiger partial charge in [0, 0.05) is 65.3 Å². The number of aromatic nitrogens is 2. The molecule has 0 aliphatic carbocycles. The highest BCUT2D eigenvalue weighted by molar-refractivity contribution is 7.80. The van der Waals surface area contributed by atoms with E-state index in [1.807, 2.05) is 47.3 Å². The molecule has 5 rings (SSSR count). The van der Waals surface area contributed by atoms with Crippen LogP contribution in [0.5, 0.6) is 0 Å². The lowest BCUT2D eigenvalue weighted by atomic mass is 9.93. The number of hydrogen-bond acceptors (Lipinski definition) is 4. The molecule has 1 aliphatic rings. The zero-order valence-corrected chi connectivity index (χ0v) is 25.3. The first kappa shape index (κ1) is 30.8. The van der Waals surface area contributed by atoms with Gasteiger partial charge >= 0.3 is 0 Å². The van der Waals surface area contributed by atoms with E-state index in [-0.39, 0.29) is 30.2 Å². The van der Waals surface area contributed by atoms with Crippen LogP contribution in [0, 0.1) is 0 Å². The Bertz CT molecular complexity index is 1590. The van der Waals surface area contributed by atoms with Crippen LogP contribution in [0.4, 0.5) is 14.5 Å². The van der Waals surface area contributed by atoms with E-state index in [1.54, 1.807) is 17.2 Å². The van der Waals surface area contributed by atoms with Crippen LogP contribution in [0.25, 0.3) is 11.1 Å². The number of fused-ring (bicyclic) bond motifs is 1. The fraction of sp³-hybridized carbons (Fsp3) is 0.303. The van der Waals surface area contributed by atoms with E-state index in [0.29, 0.717) is 36.0 Å². The van der Waals surface area contributed by atoms with Crippen LogP contribution in [0.1, 0.15) is 52.7 Å². The van der Waals surface area contributed by atoms with Gasteiger partial charge in [0.1, 0.15) is 0 Å². The topological polar surface area (TPSA) is 67.2 Å². The molecule has 0 saturated heterocycles. The van der Waals surface area contributed by atoms with E-state index in [0.717, 1.165) is 40.8 Å². The molecule has 1 aliphatic heterocycles. The van der Waals surface area contributed by atoms with Gasteiger partial charge in [-0.1, -0.05) is 48.0 Å². The van der Waals surface area contributed by atoms with Gasteiger partial charge in [-0.3, -0.25) is 14.3 Å². The molecule has 43 heavy (non-hydrogen) atoms. The molecule has 2 amide bonds. The maximum Gasteiger partial charge on any atom is 0.273 e. The van der Waals surface area contributed by atoms with Crippen molar-refractivity contribution >= 4 is 41.7 Å². The Labute approximate surface area is 260 Å². The molecule has 10 heteroatoms. The van der Waals surface area contributed by atoms with Crippen molar-refractivity contribution in [3.8, 4) is 11.1 Å². The van der Waals surface area contributed by atoms with Crippen molar-refractivity contribution in [2.24, 2.45) is 0 Å². The number of rotatable bonds is 11. The molecule has 0 unspecified atom stereocenters. The molecule has 0 atom stereocenters. The molecule has 3 aromatic carbocycles. The largest absolute Gasteiger partial charge is 0.351 e. The molecular formula is C33H33ClF2N4O2S. The molecule has 2 heterocycles. The lowest BCUT2D eigenvalue weighted by molar-refractivity contribution is -0.119. The maximum absolute atomic E-state index is 14.7.